The van der Waals surface area contributed by atoms with Crippen molar-refractivity contribution in [2.75, 3.05) is 59.2 Å². The number of likely N-dealkylation sites (N-methyl/N-ethyl adjacent to an activating group) is 1. The zero-order valence-electron chi connectivity index (χ0n) is 23.6. The molecule has 0 saturated carbocycles. The fraction of sp³-hybridized carbons (Fsp3) is 0.400. The summed E-state index contributed by atoms with van der Waals surface area (Å²) in [7, 11) is 4.98. The molecule has 0 atom stereocenters. The molecule has 1 aromatic heterocycles. The number of aryl methyl sites for hydroxylation is 1. The van der Waals surface area contributed by atoms with E-state index in [1.54, 1.807) is 27.3 Å². The van der Waals surface area contributed by atoms with Crippen LogP contribution in [0.2, 0.25) is 5.02 Å². The second-order valence-electron chi connectivity index (χ2n) is 9.73. The first-order chi connectivity index (χ1) is 18.8. The van der Waals surface area contributed by atoms with Crippen molar-refractivity contribution in [1.82, 2.24) is 14.8 Å². The summed E-state index contributed by atoms with van der Waals surface area (Å²) in [4.78, 5) is 31.7. The molecule has 8 nitrogen and oxygen atoms in total. The number of piperazine rings is 1. The molecular formula is C30H37ClN6O2. The maximum Gasteiger partial charge on any atom is 0.259 e. The van der Waals surface area contributed by atoms with E-state index in [1.807, 2.05) is 44.3 Å². The van der Waals surface area contributed by atoms with Crippen molar-refractivity contribution >= 4 is 40.3 Å². The summed E-state index contributed by atoms with van der Waals surface area (Å²) in [5.74, 6) is 0.930. The number of rotatable bonds is 7. The number of halogens is 1. The summed E-state index contributed by atoms with van der Waals surface area (Å²) in [6.07, 6.45) is 5.46. The van der Waals surface area contributed by atoms with Gasteiger partial charge < -0.3 is 15.0 Å². The molecule has 1 amide bonds. The number of hydrogen-bond acceptors (Lipinski definition) is 7. The predicted molar refractivity (Wildman–Crippen MR) is 161 cm³/mol. The summed E-state index contributed by atoms with van der Waals surface area (Å²) in [6, 6.07) is 5.78. The Labute approximate surface area is 236 Å². The quantitative estimate of drug-likeness (QED) is 0.511. The molecule has 1 fully saturated rings. The average molecular weight is 549 g/mol. The number of ether oxygens (including phenoxy) is 1. The van der Waals surface area contributed by atoms with Crippen molar-refractivity contribution in [2.24, 2.45) is 9.98 Å². The van der Waals surface area contributed by atoms with Crippen LogP contribution in [0.15, 0.2) is 52.1 Å². The summed E-state index contributed by atoms with van der Waals surface area (Å²) < 4.78 is 5.57. The highest BCUT2D eigenvalue weighted by molar-refractivity contribution is 6.67. The highest BCUT2D eigenvalue weighted by atomic mass is 35.5. The molecule has 0 bridgehead atoms. The lowest BCUT2D eigenvalue weighted by atomic mass is 9.86. The highest BCUT2D eigenvalue weighted by Gasteiger charge is 2.29. The van der Waals surface area contributed by atoms with Crippen molar-refractivity contribution in [3.8, 4) is 5.75 Å². The molecule has 2 aromatic rings. The maximum absolute atomic E-state index is 13.3. The Kier molecular flexibility index (Phi) is 9.32. The van der Waals surface area contributed by atoms with Gasteiger partial charge in [0, 0.05) is 69.7 Å². The van der Waals surface area contributed by atoms with Gasteiger partial charge in [0.1, 0.15) is 11.6 Å². The molecule has 0 spiro atoms. The van der Waals surface area contributed by atoms with Crippen LogP contribution in [-0.2, 0) is 11.3 Å². The molecule has 2 aliphatic rings. The Bertz CT molecular complexity index is 1350. The number of pyridine rings is 1. The number of nitrogens with one attached hydrogen (secondary N) is 1. The molecule has 1 aromatic carbocycles. The van der Waals surface area contributed by atoms with Crippen molar-refractivity contribution in [2.45, 2.75) is 27.3 Å². The first kappa shape index (κ1) is 28.7. The molecule has 1 aliphatic heterocycles. The van der Waals surface area contributed by atoms with Gasteiger partial charge in [-0.25, -0.2) is 4.98 Å². The topological polar surface area (TPSA) is 82.4 Å². The van der Waals surface area contributed by atoms with Gasteiger partial charge >= 0.3 is 0 Å². The third kappa shape index (κ3) is 6.13. The van der Waals surface area contributed by atoms with Crippen molar-refractivity contribution < 1.29 is 9.53 Å². The first-order valence-electron chi connectivity index (χ1n) is 13.2. The zero-order chi connectivity index (χ0) is 28.1. The van der Waals surface area contributed by atoms with E-state index in [0.29, 0.717) is 27.8 Å². The molecular weight excluding hydrogens is 512 g/mol. The largest absolute Gasteiger partial charge is 0.496 e. The van der Waals surface area contributed by atoms with Gasteiger partial charge in [0.05, 0.1) is 29.1 Å². The van der Waals surface area contributed by atoms with E-state index in [9.17, 15) is 4.79 Å². The summed E-state index contributed by atoms with van der Waals surface area (Å²) in [5.41, 5.74) is 6.02. The predicted octanol–water partition coefficient (Wildman–Crippen LogP) is 4.60. The van der Waals surface area contributed by atoms with Gasteiger partial charge in [-0.1, -0.05) is 30.7 Å². The molecule has 2 heterocycles. The van der Waals surface area contributed by atoms with E-state index in [2.05, 4.69) is 37.0 Å². The van der Waals surface area contributed by atoms with E-state index >= 15 is 0 Å². The van der Waals surface area contributed by atoms with Crippen molar-refractivity contribution in [3.05, 3.63) is 69.4 Å². The number of hydrogen-bond donors (Lipinski definition) is 1. The summed E-state index contributed by atoms with van der Waals surface area (Å²) >= 11 is 6.76. The van der Waals surface area contributed by atoms with Crippen LogP contribution in [-0.4, -0.2) is 86.0 Å². The van der Waals surface area contributed by atoms with E-state index in [4.69, 9.17) is 16.3 Å². The average Bonchev–Trinajstić information content (AvgIpc) is 2.96. The van der Waals surface area contributed by atoms with Crippen LogP contribution >= 0.6 is 11.6 Å². The Morgan fingerprint density at radius 3 is 2.36 bits per heavy atom. The molecule has 0 radical (unpaired) electrons. The molecule has 1 saturated heterocycles. The normalized spacial score (nSPS) is 18.7. The number of anilines is 1. The lowest BCUT2D eigenvalue weighted by molar-refractivity contribution is -0.112. The van der Waals surface area contributed by atoms with Gasteiger partial charge in [0.15, 0.2) is 0 Å². The van der Waals surface area contributed by atoms with Crippen LogP contribution < -0.4 is 10.1 Å². The zero-order valence-corrected chi connectivity index (χ0v) is 24.4. The van der Waals surface area contributed by atoms with E-state index in [1.165, 1.54) is 0 Å². The van der Waals surface area contributed by atoms with Crippen LogP contribution in [0.4, 0.5) is 5.82 Å². The maximum atomic E-state index is 13.3. The number of carbonyl (C=O) groups excluding carboxylic acids is 1. The highest BCUT2D eigenvalue weighted by Crippen LogP contribution is 2.38. The van der Waals surface area contributed by atoms with Crippen LogP contribution in [0.5, 0.6) is 5.75 Å². The molecule has 1 N–H and O–H groups in total. The number of carbonyl (C=O) groups is 1. The van der Waals surface area contributed by atoms with Crippen LogP contribution in [0.25, 0.3) is 5.57 Å². The van der Waals surface area contributed by atoms with Crippen LogP contribution in [0.1, 0.15) is 29.2 Å². The van der Waals surface area contributed by atoms with Gasteiger partial charge in [0.25, 0.3) is 5.91 Å². The van der Waals surface area contributed by atoms with E-state index < -0.39 is 0 Å². The fourth-order valence-corrected chi connectivity index (χ4v) is 5.40. The molecule has 39 heavy (non-hydrogen) atoms. The minimum Gasteiger partial charge on any atom is -0.496 e. The number of nitrogens with zero attached hydrogens (tertiary/aromatic N) is 5. The van der Waals surface area contributed by atoms with Gasteiger partial charge in [-0.15, -0.1) is 0 Å². The molecule has 0 unspecified atom stereocenters. The third-order valence-electron chi connectivity index (χ3n) is 7.37. The van der Waals surface area contributed by atoms with E-state index in [0.717, 1.165) is 72.8 Å². The Morgan fingerprint density at radius 1 is 1.08 bits per heavy atom. The summed E-state index contributed by atoms with van der Waals surface area (Å²) in [6.45, 7) is 12.3. The molecule has 1 aliphatic carbocycles. The first-order valence-corrected chi connectivity index (χ1v) is 13.6. The second-order valence-corrected chi connectivity index (χ2v) is 10.1. The van der Waals surface area contributed by atoms with Crippen LogP contribution in [0.3, 0.4) is 0 Å². The molecule has 9 heteroatoms. The van der Waals surface area contributed by atoms with Gasteiger partial charge in [0.2, 0.25) is 0 Å². The monoisotopic (exact) mass is 548 g/mol. The number of allylic oxidation sites excluding steroid dienone is 3. The number of methoxy groups -OCH3 is 1. The van der Waals surface area contributed by atoms with E-state index in [-0.39, 0.29) is 5.91 Å². The van der Waals surface area contributed by atoms with Gasteiger partial charge in [-0.3, -0.25) is 19.7 Å². The second kappa shape index (κ2) is 12.7. The molecule has 206 valence electrons. The minimum atomic E-state index is -0.298. The Hall–Kier alpha value is -3.33. The van der Waals surface area contributed by atoms with Crippen molar-refractivity contribution in [1.29, 1.82) is 0 Å². The lowest BCUT2D eigenvalue weighted by Crippen LogP contribution is -2.45. The van der Waals surface area contributed by atoms with Gasteiger partial charge in [-0.2, -0.15) is 0 Å². The standard InChI is InChI=1S/C30H37ClN6O2/c1-7-36-12-14-37(15-13-36)18-21-8-11-25(34-17-21)35-30(38)23-10-9-22(28(32-4)29(23)33-5)26-20(3)24(39-6)16-19(2)27(26)31/h8-11,16-17H,7,12-15,18H2,1-6H3,(H,34,35,38). The Morgan fingerprint density at radius 2 is 1.77 bits per heavy atom. The smallest absolute Gasteiger partial charge is 0.259 e. The number of aliphatic imine (C=N–C) groups is 2. The lowest BCUT2D eigenvalue weighted by Gasteiger charge is -2.33. The Balaban J connectivity index is 1.54. The number of amides is 1. The van der Waals surface area contributed by atoms with Gasteiger partial charge in [-0.05, 0) is 49.7 Å². The minimum absolute atomic E-state index is 0.298. The van der Waals surface area contributed by atoms with Crippen molar-refractivity contribution in [3.63, 3.8) is 0 Å². The third-order valence-corrected chi connectivity index (χ3v) is 7.86. The SMILES string of the molecule is CCN1CCN(Cc2ccc(NC(=O)C3=CC=C(c4c(C)c(OC)cc(C)c4Cl)C(=NC)C3=NC)nc2)CC1. The van der Waals surface area contributed by atoms with Crippen LogP contribution in [0, 0.1) is 13.8 Å². The fourth-order valence-electron chi connectivity index (χ4n) is 5.10. The summed E-state index contributed by atoms with van der Waals surface area (Å²) in [5, 5.41) is 3.54. The molecule has 4 rings (SSSR count). The number of benzene rings is 1. The number of aromatic nitrogens is 1.